The Morgan fingerprint density at radius 2 is 2.00 bits per heavy atom. The van der Waals surface area contributed by atoms with Crippen molar-refractivity contribution in [3.05, 3.63) is 39.3 Å². The van der Waals surface area contributed by atoms with Crippen LogP contribution in [0.3, 0.4) is 0 Å². The van der Waals surface area contributed by atoms with E-state index in [1.807, 2.05) is 6.07 Å². The molecule has 0 bridgehead atoms. The normalized spacial score (nSPS) is 13.8. The van der Waals surface area contributed by atoms with Crippen LogP contribution >= 0.6 is 0 Å². The molecule has 0 spiro atoms. The maximum absolute atomic E-state index is 12.3. The van der Waals surface area contributed by atoms with Crippen molar-refractivity contribution in [1.29, 1.82) is 0 Å². The van der Waals surface area contributed by atoms with Crippen molar-refractivity contribution in [2.45, 2.75) is 33.6 Å². The molecule has 1 heterocycles. The van der Waals surface area contributed by atoms with Gasteiger partial charge in [0.15, 0.2) is 0 Å². The van der Waals surface area contributed by atoms with Gasteiger partial charge < -0.3 is 9.42 Å². The zero-order valence-electron chi connectivity index (χ0n) is 14.1. The lowest BCUT2D eigenvalue weighted by molar-refractivity contribution is -0.384. The molecule has 3 rings (SSSR count). The molecule has 1 aliphatic rings. The molecule has 0 N–H and O–H groups in total. The van der Waals surface area contributed by atoms with Crippen LogP contribution in [0.5, 0.6) is 0 Å². The zero-order valence-corrected chi connectivity index (χ0v) is 14.1. The van der Waals surface area contributed by atoms with Gasteiger partial charge >= 0.3 is 0 Å². The summed E-state index contributed by atoms with van der Waals surface area (Å²) < 4.78 is 5.16. The van der Waals surface area contributed by atoms with E-state index in [1.165, 1.54) is 11.0 Å². The highest BCUT2D eigenvalue weighted by molar-refractivity contribution is 5.99. The number of aryl methyl sites for hydroxylation is 3. The standard InChI is InChI=1S/C17H19N3O4/c1-9-7-13(15-10(2)18-24-11(15)3)8-14(20(22)23)16(9)19(4)17(21)12-5-6-12/h7-8,12H,5-6H2,1-4H3. The van der Waals surface area contributed by atoms with E-state index in [2.05, 4.69) is 5.16 Å². The Bertz CT molecular complexity index is 817. The van der Waals surface area contributed by atoms with Crippen LogP contribution in [-0.4, -0.2) is 23.0 Å². The van der Waals surface area contributed by atoms with Gasteiger partial charge in [-0.2, -0.15) is 0 Å². The molecule has 24 heavy (non-hydrogen) atoms. The van der Waals surface area contributed by atoms with E-state index in [0.29, 0.717) is 28.3 Å². The molecule has 0 saturated heterocycles. The monoisotopic (exact) mass is 329 g/mol. The average molecular weight is 329 g/mol. The fourth-order valence-corrected chi connectivity index (χ4v) is 3.09. The molecule has 0 atom stereocenters. The minimum absolute atomic E-state index is 0.00348. The molecule has 0 radical (unpaired) electrons. The van der Waals surface area contributed by atoms with Crippen LogP contribution in [0.2, 0.25) is 0 Å². The number of anilines is 1. The lowest BCUT2D eigenvalue weighted by Gasteiger charge is -2.20. The number of amides is 1. The van der Waals surface area contributed by atoms with Crippen LogP contribution in [0, 0.1) is 36.8 Å². The van der Waals surface area contributed by atoms with Crippen molar-refractivity contribution in [3.63, 3.8) is 0 Å². The Balaban J connectivity index is 2.14. The molecule has 1 fully saturated rings. The number of benzene rings is 1. The Kier molecular flexibility index (Phi) is 3.87. The predicted octanol–water partition coefficient (Wildman–Crippen LogP) is 3.55. The Labute approximate surface area is 139 Å². The SMILES string of the molecule is Cc1cc(-c2c(C)noc2C)cc([N+](=O)[O-])c1N(C)C(=O)C1CC1. The van der Waals surface area contributed by atoms with Gasteiger partial charge in [0.05, 0.1) is 10.6 Å². The van der Waals surface area contributed by atoms with E-state index in [-0.39, 0.29) is 17.5 Å². The summed E-state index contributed by atoms with van der Waals surface area (Å²) in [6, 6.07) is 3.33. The molecule has 0 aliphatic heterocycles. The third-order valence-electron chi connectivity index (χ3n) is 4.39. The minimum Gasteiger partial charge on any atom is -0.361 e. The summed E-state index contributed by atoms with van der Waals surface area (Å²) in [5.74, 6) is 0.541. The number of hydrogen-bond donors (Lipinski definition) is 0. The van der Waals surface area contributed by atoms with Gasteiger partial charge in [-0.1, -0.05) is 5.16 Å². The Hall–Kier alpha value is -2.70. The zero-order chi connectivity index (χ0) is 17.6. The van der Waals surface area contributed by atoms with Crippen molar-refractivity contribution >= 4 is 17.3 Å². The molecule has 126 valence electrons. The highest BCUT2D eigenvalue weighted by Crippen LogP contribution is 2.40. The van der Waals surface area contributed by atoms with Crippen LogP contribution in [0.1, 0.15) is 29.9 Å². The first kappa shape index (κ1) is 16.2. The molecule has 7 heteroatoms. The number of aromatic nitrogens is 1. The molecule has 2 aromatic rings. The van der Waals surface area contributed by atoms with Gasteiger partial charge in [-0.05, 0) is 50.8 Å². The number of rotatable bonds is 4. The summed E-state index contributed by atoms with van der Waals surface area (Å²) in [7, 11) is 1.60. The molecular formula is C17H19N3O4. The molecule has 1 saturated carbocycles. The van der Waals surface area contributed by atoms with Gasteiger partial charge in [-0.15, -0.1) is 0 Å². The second-order valence-electron chi connectivity index (χ2n) is 6.29. The summed E-state index contributed by atoms with van der Waals surface area (Å²) in [6.07, 6.45) is 1.71. The topological polar surface area (TPSA) is 89.5 Å². The van der Waals surface area contributed by atoms with Gasteiger partial charge in [0.25, 0.3) is 5.69 Å². The summed E-state index contributed by atoms with van der Waals surface area (Å²) in [6.45, 7) is 5.34. The summed E-state index contributed by atoms with van der Waals surface area (Å²) in [5.41, 5.74) is 3.05. The minimum atomic E-state index is -0.444. The van der Waals surface area contributed by atoms with E-state index in [0.717, 1.165) is 18.4 Å². The van der Waals surface area contributed by atoms with Gasteiger partial charge in [0, 0.05) is 24.6 Å². The number of nitrogens with zero attached hydrogens (tertiary/aromatic N) is 3. The van der Waals surface area contributed by atoms with E-state index in [1.54, 1.807) is 27.8 Å². The van der Waals surface area contributed by atoms with Crippen LogP contribution in [0.15, 0.2) is 16.7 Å². The number of hydrogen-bond acceptors (Lipinski definition) is 5. The second-order valence-corrected chi connectivity index (χ2v) is 6.29. The first-order valence-corrected chi connectivity index (χ1v) is 7.81. The van der Waals surface area contributed by atoms with Crippen LogP contribution in [-0.2, 0) is 4.79 Å². The lowest BCUT2D eigenvalue weighted by atomic mass is 9.99. The number of nitro benzene ring substituents is 1. The first-order chi connectivity index (χ1) is 11.3. The van der Waals surface area contributed by atoms with E-state index < -0.39 is 4.92 Å². The highest BCUT2D eigenvalue weighted by Gasteiger charge is 2.35. The Morgan fingerprint density at radius 3 is 2.50 bits per heavy atom. The molecule has 1 amide bonds. The van der Waals surface area contributed by atoms with Crippen molar-refractivity contribution in [3.8, 4) is 11.1 Å². The lowest BCUT2D eigenvalue weighted by Crippen LogP contribution is -2.29. The largest absolute Gasteiger partial charge is 0.361 e. The van der Waals surface area contributed by atoms with Crippen molar-refractivity contribution in [1.82, 2.24) is 5.16 Å². The maximum atomic E-state index is 12.3. The second kappa shape index (κ2) is 5.74. The van der Waals surface area contributed by atoms with Crippen LogP contribution in [0.25, 0.3) is 11.1 Å². The van der Waals surface area contributed by atoms with E-state index in [9.17, 15) is 14.9 Å². The first-order valence-electron chi connectivity index (χ1n) is 7.81. The van der Waals surface area contributed by atoms with Crippen molar-refractivity contribution < 1.29 is 14.2 Å². The summed E-state index contributed by atoms with van der Waals surface area (Å²) in [5, 5.41) is 15.5. The van der Waals surface area contributed by atoms with E-state index in [4.69, 9.17) is 4.52 Å². The fraction of sp³-hybridized carbons (Fsp3) is 0.412. The highest BCUT2D eigenvalue weighted by atomic mass is 16.6. The molecule has 1 aromatic carbocycles. The molecule has 7 nitrogen and oxygen atoms in total. The molecular weight excluding hydrogens is 310 g/mol. The molecule has 1 aliphatic carbocycles. The predicted molar refractivity (Wildman–Crippen MR) is 88.9 cm³/mol. The number of carbonyl (C=O) groups excluding carboxylic acids is 1. The number of nitro groups is 1. The van der Waals surface area contributed by atoms with Gasteiger partial charge in [-0.3, -0.25) is 14.9 Å². The Morgan fingerprint density at radius 1 is 1.33 bits per heavy atom. The van der Waals surface area contributed by atoms with Gasteiger partial charge in [0.1, 0.15) is 11.4 Å². The van der Waals surface area contributed by atoms with Gasteiger partial charge in [0.2, 0.25) is 5.91 Å². The summed E-state index contributed by atoms with van der Waals surface area (Å²) >= 11 is 0. The molecule has 1 aromatic heterocycles. The molecule has 0 unspecified atom stereocenters. The van der Waals surface area contributed by atoms with Crippen molar-refractivity contribution in [2.75, 3.05) is 11.9 Å². The van der Waals surface area contributed by atoms with E-state index >= 15 is 0 Å². The number of carbonyl (C=O) groups is 1. The fourth-order valence-electron chi connectivity index (χ4n) is 3.09. The average Bonchev–Trinajstić information content (AvgIpc) is 3.31. The third-order valence-corrected chi connectivity index (χ3v) is 4.39. The quantitative estimate of drug-likeness (QED) is 0.632. The maximum Gasteiger partial charge on any atom is 0.293 e. The summed E-state index contributed by atoms with van der Waals surface area (Å²) in [4.78, 5) is 24.9. The third kappa shape index (κ3) is 2.66. The van der Waals surface area contributed by atoms with Gasteiger partial charge in [-0.25, -0.2) is 0 Å². The van der Waals surface area contributed by atoms with Crippen molar-refractivity contribution in [2.24, 2.45) is 5.92 Å². The smallest absolute Gasteiger partial charge is 0.293 e. The van der Waals surface area contributed by atoms with Crippen LogP contribution < -0.4 is 4.90 Å². The van der Waals surface area contributed by atoms with Crippen LogP contribution in [0.4, 0.5) is 11.4 Å².